The van der Waals surface area contributed by atoms with Crippen LogP contribution in [0, 0.1) is 5.92 Å². The Morgan fingerprint density at radius 2 is 1.90 bits per heavy atom. The first kappa shape index (κ1) is 15.0. The standard InChI is InChI=1S/C15H19Br2NOS/c16-12-8-13(20-14(12)17)15(19)18(11-6-7-11)9-10-4-2-1-3-5-10/h8,10-11H,1-7,9H2. The lowest BCUT2D eigenvalue weighted by molar-refractivity contribution is 0.0704. The Hall–Kier alpha value is 0.130. The van der Waals surface area contributed by atoms with E-state index in [-0.39, 0.29) is 5.91 Å². The fourth-order valence-corrected chi connectivity index (χ4v) is 5.02. The molecule has 2 aliphatic carbocycles. The lowest BCUT2D eigenvalue weighted by Gasteiger charge is -2.29. The minimum Gasteiger partial charge on any atom is -0.335 e. The molecule has 20 heavy (non-hydrogen) atoms. The highest BCUT2D eigenvalue weighted by molar-refractivity contribution is 9.13. The van der Waals surface area contributed by atoms with Crippen molar-refractivity contribution in [3.8, 4) is 0 Å². The molecule has 110 valence electrons. The van der Waals surface area contributed by atoms with Crippen LogP contribution < -0.4 is 0 Å². The predicted molar refractivity (Wildman–Crippen MR) is 90.4 cm³/mol. The van der Waals surface area contributed by atoms with Gasteiger partial charge in [0.1, 0.15) is 0 Å². The lowest BCUT2D eigenvalue weighted by atomic mass is 9.89. The van der Waals surface area contributed by atoms with Crippen molar-refractivity contribution in [3.63, 3.8) is 0 Å². The van der Waals surface area contributed by atoms with Crippen molar-refractivity contribution >= 4 is 49.1 Å². The van der Waals surface area contributed by atoms with E-state index in [1.165, 1.54) is 56.3 Å². The Kier molecular flexibility index (Phi) is 4.88. The Bertz CT molecular complexity index is 473. The van der Waals surface area contributed by atoms with Gasteiger partial charge in [-0.25, -0.2) is 0 Å². The van der Waals surface area contributed by atoms with Crippen LogP contribution in [-0.4, -0.2) is 23.4 Å². The van der Waals surface area contributed by atoms with Gasteiger partial charge in [0.2, 0.25) is 0 Å². The summed E-state index contributed by atoms with van der Waals surface area (Å²) in [7, 11) is 0. The van der Waals surface area contributed by atoms with Crippen molar-refractivity contribution in [1.29, 1.82) is 0 Å². The average molecular weight is 421 g/mol. The summed E-state index contributed by atoms with van der Waals surface area (Å²) in [4.78, 5) is 15.8. The largest absolute Gasteiger partial charge is 0.335 e. The molecule has 2 fully saturated rings. The zero-order valence-corrected chi connectivity index (χ0v) is 15.4. The maximum absolute atomic E-state index is 12.8. The molecule has 3 rings (SSSR count). The summed E-state index contributed by atoms with van der Waals surface area (Å²) >= 11 is 8.50. The van der Waals surface area contributed by atoms with E-state index in [1.54, 1.807) is 0 Å². The van der Waals surface area contributed by atoms with Crippen LogP contribution in [-0.2, 0) is 0 Å². The third-order valence-corrected chi connectivity index (χ3v) is 7.53. The van der Waals surface area contributed by atoms with Crippen LogP contribution in [0.15, 0.2) is 14.3 Å². The quantitative estimate of drug-likeness (QED) is 0.633. The van der Waals surface area contributed by atoms with Crippen molar-refractivity contribution in [2.24, 2.45) is 5.92 Å². The fraction of sp³-hybridized carbons (Fsp3) is 0.667. The van der Waals surface area contributed by atoms with Crippen LogP contribution >= 0.6 is 43.2 Å². The number of rotatable bonds is 4. The molecule has 0 bridgehead atoms. The second kappa shape index (κ2) is 6.49. The van der Waals surface area contributed by atoms with E-state index < -0.39 is 0 Å². The van der Waals surface area contributed by atoms with E-state index >= 15 is 0 Å². The van der Waals surface area contributed by atoms with Gasteiger partial charge in [0.15, 0.2) is 0 Å². The minimum absolute atomic E-state index is 0.231. The summed E-state index contributed by atoms with van der Waals surface area (Å²) in [5.41, 5.74) is 0. The highest BCUT2D eigenvalue weighted by Crippen LogP contribution is 2.36. The van der Waals surface area contributed by atoms with Crippen molar-refractivity contribution in [3.05, 3.63) is 19.2 Å². The number of carbonyl (C=O) groups excluding carboxylic acids is 1. The molecule has 0 saturated heterocycles. The monoisotopic (exact) mass is 419 g/mol. The molecule has 5 heteroatoms. The number of hydrogen-bond donors (Lipinski definition) is 0. The molecule has 0 aliphatic heterocycles. The molecule has 2 saturated carbocycles. The SMILES string of the molecule is O=C(c1cc(Br)c(Br)s1)N(CC1CCCCC1)C1CC1. The van der Waals surface area contributed by atoms with Crippen LogP contribution in [0.2, 0.25) is 0 Å². The number of thiophene rings is 1. The number of nitrogens with zero attached hydrogens (tertiary/aromatic N) is 1. The molecule has 0 N–H and O–H groups in total. The van der Waals surface area contributed by atoms with Gasteiger partial charge >= 0.3 is 0 Å². The smallest absolute Gasteiger partial charge is 0.264 e. The van der Waals surface area contributed by atoms with E-state index in [9.17, 15) is 4.79 Å². The molecule has 0 spiro atoms. The van der Waals surface area contributed by atoms with Crippen molar-refractivity contribution in [2.75, 3.05) is 6.54 Å². The van der Waals surface area contributed by atoms with Crippen LogP contribution in [0.1, 0.15) is 54.6 Å². The Labute approximate surface area is 141 Å². The predicted octanol–water partition coefficient (Wildman–Crippen LogP) is 5.46. The van der Waals surface area contributed by atoms with Crippen molar-refractivity contribution < 1.29 is 4.79 Å². The van der Waals surface area contributed by atoms with Gasteiger partial charge in [-0.3, -0.25) is 4.79 Å². The zero-order valence-electron chi connectivity index (χ0n) is 11.4. The molecule has 1 aromatic rings. The van der Waals surface area contributed by atoms with Crippen LogP contribution in [0.3, 0.4) is 0 Å². The number of carbonyl (C=O) groups is 1. The molecule has 0 unspecified atom stereocenters. The normalized spacial score (nSPS) is 20.1. The van der Waals surface area contributed by atoms with E-state index in [0.29, 0.717) is 6.04 Å². The minimum atomic E-state index is 0.231. The number of hydrogen-bond acceptors (Lipinski definition) is 2. The van der Waals surface area contributed by atoms with Gasteiger partial charge < -0.3 is 4.90 Å². The molecule has 2 aliphatic rings. The molecule has 0 aromatic carbocycles. The van der Waals surface area contributed by atoms with Gasteiger partial charge in [-0.1, -0.05) is 19.3 Å². The maximum Gasteiger partial charge on any atom is 0.264 e. The zero-order chi connectivity index (χ0) is 14.1. The summed E-state index contributed by atoms with van der Waals surface area (Å²) in [6.07, 6.45) is 9.03. The van der Waals surface area contributed by atoms with Crippen molar-refractivity contribution in [2.45, 2.75) is 51.0 Å². The Balaban J connectivity index is 1.71. The van der Waals surface area contributed by atoms with Crippen LogP contribution in [0.5, 0.6) is 0 Å². The lowest BCUT2D eigenvalue weighted by Crippen LogP contribution is -2.37. The highest BCUT2D eigenvalue weighted by atomic mass is 79.9. The summed E-state index contributed by atoms with van der Waals surface area (Å²) in [6, 6.07) is 2.46. The third kappa shape index (κ3) is 3.47. The topological polar surface area (TPSA) is 20.3 Å². The second-order valence-corrected chi connectivity index (χ2v) is 9.15. The average Bonchev–Trinajstić information content (AvgIpc) is 3.23. The summed E-state index contributed by atoms with van der Waals surface area (Å²) in [5.74, 6) is 0.953. The van der Waals surface area contributed by atoms with Gasteiger partial charge in [0, 0.05) is 17.1 Å². The third-order valence-electron chi connectivity index (χ3n) is 4.28. The van der Waals surface area contributed by atoms with E-state index in [1.807, 2.05) is 6.07 Å². The second-order valence-electron chi connectivity index (χ2n) is 5.93. The van der Waals surface area contributed by atoms with Gasteiger partial charge in [-0.05, 0) is 69.5 Å². The van der Waals surface area contributed by atoms with E-state index in [2.05, 4.69) is 36.8 Å². The van der Waals surface area contributed by atoms with Gasteiger partial charge in [0.05, 0.1) is 8.66 Å². The molecule has 0 atom stereocenters. The fourth-order valence-electron chi connectivity index (χ4n) is 3.03. The molecule has 1 aromatic heterocycles. The Morgan fingerprint density at radius 1 is 1.20 bits per heavy atom. The van der Waals surface area contributed by atoms with Crippen LogP contribution in [0.4, 0.5) is 0 Å². The van der Waals surface area contributed by atoms with Gasteiger partial charge in [-0.2, -0.15) is 0 Å². The first-order valence-corrected chi connectivity index (χ1v) is 9.81. The van der Waals surface area contributed by atoms with Gasteiger partial charge in [-0.15, -0.1) is 11.3 Å². The van der Waals surface area contributed by atoms with E-state index in [4.69, 9.17) is 0 Å². The Morgan fingerprint density at radius 3 is 2.45 bits per heavy atom. The maximum atomic E-state index is 12.8. The molecular weight excluding hydrogens is 402 g/mol. The summed E-state index contributed by atoms with van der Waals surface area (Å²) in [6.45, 7) is 0.969. The molecule has 2 nitrogen and oxygen atoms in total. The molecule has 1 amide bonds. The first-order valence-electron chi connectivity index (χ1n) is 7.41. The van der Waals surface area contributed by atoms with Crippen LogP contribution in [0.25, 0.3) is 0 Å². The highest BCUT2D eigenvalue weighted by Gasteiger charge is 2.35. The van der Waals surface area contributed by atoms with Gasteiger partial charge in [0.25, 0.3) is 5.91 Å². The summed E-state index contributed by atoms with van der Waals surface area (Å²) < 4.78 is 1.99. The number of amides is 1. The first-order chi connectivity index (χ1) is 9.65. The molecule has 0 radical (unpaired) electrons. The number of halogens is 2. The summed E-state index contributed by atoms with van der Waals surface area (Å²) in [5, 5.41) is 0. The van der Waals surface area contributed by atoms with Crippen molar-refractivity contribution in [1.82, 2.24) is 4.90 Å². The molecular formula is C15H19Br2NOS. The van der Waals surface area contributed by atoms with E-state index in [0.717, 1.165) is 25.6 Å². The molecule has 1 heterocycles.